The van der Waals surface area contributed by atoms with Crippen molar-refractivity contribution in [1.82, 2.24) is 10.6 Å². The molecule has 1 heterocycles. The minimum atomic E-state index is 0. The van der Waals surface area contributed by atoms with Crippen molar-refractivity contribution in [2.24, 2.45) is 4.99 Å². The molecular formula is C21H26IN3O2. The van der Waals surface area contributed by atoms with Crippen molar-refractivity contribution in [3.05, 3.63) is 59.7 Å². The number of benzene rings is 2. The van der Waals surface area contributed by atoms with E-state index in [0.717, 1.165) is 24.0 Å². The molecule has 2 aromatic rings. The van der Waals surface area contributed by atoms with Crippen LogP contribution < -0.4 is 20.1 Å². The Kier molecular flexibility index (Phi) is 6.14. The average molecular weight is 479 g/mol. The van der Waals surface area contributed by atoms with Gasteiger partial charge in [-0.2, -0.15) is 0 Å². The molecule has 27 heavy (non-hydrogen) atoms. The van der Waals surface area contributed by atoms with E-state index in [1.54, 1.807) is 0 Å². The Bertz CT molecular complexity index is 806. The summed E-state index contributed by atoms with van der Waals surface area (Å²) in [6.45, 7) is 3.32. The molecule has 1 aliphatic heterocycles. The maximum absolute atomic E-state index is 5.53. The van der Waals surface area contributed by atoms with Crippen molar-refractivity contribution in [1.29, 1.82) is 0 Å². The minimum absolute atomic E-state index is 0. The van der Waals surface area contributed by atoms with Gasteiger partial charge in [0.2, 0.25) is 6.79 Å². The maximum atomic E-state index is 5.53. The molecule has 2 aromatic carbocycles. The van der Waals surface area contributed by atoms with Gasteiger partial charge in [-0.05, 0) is 43.0 Å². The smallest absolute Gasteiger partial charge is 0.231 e. The molecule has 0 aromatic heterocycles. The summed E-state index contributed by atoms with van der Waals surface area (Å²) < 4.78 is 11.0. The zero-order valence-electron chi connectivity index (χ0n) is 15.7. The predicted molar refractivity (Wildman–Crippen MR) is 118 cm³/mol. The largest absolute Gasteiger partial charge is 0.454 e. The third-order valence-corrected chi connectivity index (χ3v) is 5.31. The standard InChI is InChI=1S/C21H25N3O2.HI/c1-15(16-6-4-3-5-7-16)24-20(22-2)23-13-21(10-11-21)17-8-9-18-19(12-17)26-14-25-18;/h3-9,12,15H,10-11,13-14H2,1-2H3,(H2,22,23,24);1H. The van der Waals surface area contributed by atoms with Crippen molar-refractivity contribution in [3.63, 3.8) is 0 Å². The van der Waals surface area contributed by atoms with Crippen LogP contribution in [-0.2, 0) is 5.41 Å². The van der Waals surface area contributed by atoms with Crippen LogP contribution in [0.5, 0.6) is 11.5 Å². The Hall–Kier alpha value is -1.96. The van der Waals surface area contributed by atoms with Crippen LogP contribution in [0.2, 0.25) is 0 Å². The lowest BCUT2D eigenvalue weighted by atomic mass is 9.95. The van der Waals surface area contributed by atoms with Crippen molar-refractivity contribution < 1.29 is 9.47 Å². The number of guanidine groups is 1. The van der Waals surface area contributed by atoms with Crippen LogP contribution >= 0.6 is 24.0 Å². The van der Waals surface area contributed by atoms with E-state index >= 15 is 0 Å². The summed E-state index contributed by atoms with van der Waals surface area (Å²) in [7, 11) is 1.81. The fraction of sp³-hybridized carbons (Fsp3) is 0.381. The van der Waals surface area contributed by atoms with Gasteiger partial charge in [0.25, 0.3) is 0 Å². The molecule has 0 bridgehead atoms. The second kappa shape index (κ2) is 8.37. The second-order valence-electron chi connectivity index (χ2n) is 7.05. The van der Waals surface area contributed by atoms with Crippen LogP contribution in [0.15, 0.2) is 53.5 Å². The number of ether oxygens (including phenoxy) is 2. The highest BCUT2D eigenvalue weighted by molar-refractivity contribution is 14.0. The van der Waals surface area contributed by atoms with Gasteiger partial charge in [0.15, 0.2) is 17.5 Å². The quantitative estimate of drug-likeness (QED) is 0.387. The Balaban J connectivity index is 0.00000210. The first kappa shape index (κ1) is 19.8. The van der Waals surface area contributed by atoms with E-state index in [1.807, 2.05) is 19.2 Å². The van der Waals surface area contributed by atoms with E-state index in [2.05, 4.69) is 58.9 Å². The van der Waals surface area contributed by atoms with Crippen LogP contribution in [0.25, 0.3) is 0 Å². The fourth-order valence-electron chi connectivity index (χ4n) is 3.42. The summed E-state index contributed by atoms with van der Waals surface area (Å²) in [6.07, 6.45) is 2.34. The summed E-state index contributed by atoms with van der Waals surface area (Å²) in [5, 5.41) is 6.98. The number of aliphatic imine (C=N–C) groups is 1. The van der Waals surface area contributed by atoms with Crippen molar-refractivity contribution in [3.8, 4) is 11.5 Å². The highest BCUT2D eigenvalue weighted by Crippen LogP contribution is 2.49. The maximum Gasteiger partial charge on any atom is 0.231 e. The number of fused-ring (bicyclic) bond motifs is 1. The zero-order valence-corrected chi connectivity index (χ0v) is 18.0. The molecule has 1 saturated carbocycles. The van der Waals surface area contributed by atoms with Gasteiger partial charge in [0.05, 0.1) is 6.04 Å². The monoisotopic (exact) mass is 479 g/mol. The van der Waals surface area contributed by atoms with Crippen LogP contribution in [0.1, 0.15) is 36.9 Å². The zero-order chi connectivity index (χ0) is 18.0. The summed E-state index contributed by atoms with van der Waals surface area (Å²) >= 11 is 0. The van der Waals surface area contributed by atoms with Crippen molar-refractivity contribution >= 4 is 29.9 Å². The number of nitrogens with zero attached hydrogens (tertiary/aromatic N) is 1. The number of hydrogen-bond donors (Lipinski definition) is 2. The lowest BCUT2D eigenvalue weighted by molar-refractivity contribution is 0.174. The molecule has 144 valence electrons. The van der Waals surface area contributed by atoms with Gasteiger partial charge in [-0.25, -0.2) is 0 Å². The fourth-order valence-corrected chi connectivity index (χ4v) is 3.42. The van der Waals surface area contributed by atoms with Crippen LogP contribution in [0, 0.1) is 0 Å². The van der Waals surface area contributed by atoms with Crippen LogP contribution in [0.3, 0.4) is 0 Å². The first-order valence-electron chi connectivity index (χ1n) is 9.12. The normalized spacial score (nSPS) is 17.6. The van der Waals surface area contributed by atoms with Crippen molar-refractivity contribution in [2.45, 2.75) is 31.2 Å². The third kappa shape index (κ3) is 4.31. The van der Waals surface area contributed by atoms with Crippen LogP contribution in [-0.4, -0.2) is 26.3 Å². The van der Waals surface area contributed by atoms with E-state index in [-0.39, 0.29) is 35.4 Å². The lowest BCUT2D eigenvalue weighted by Crippen LogP contribution is -2.42. The summed E-state index contributed by atoms with van der Waals surface area (Å²) in [4.78, 5) is 4.39. The molecule has 6 heteroatoms. The highest BCUT2D eigenvalue weighted by atomic mass is 127. The molecule has 4 rings (SSSR count). The minimum Gasteiger partial charge on any atom is -0.454 e. The van der Waals surface area contributed by atoms with Crippen LogP contribution in [0.4, 0.5) is 0 Å². The summed E-state index contributed by atoms with van der Waals surface area (Å²) in [5.41, 5.74) is 2.71. The number of rotatable bonds is 5. The van der Waals surface area contributed by atoms with Gasteiger partial charge in [0, 0.05) is 19.0 Å². The molecule has 2 N–H and O–H groups in total. The van der Waals surface area contributed by atoms with Gasteiger partial charge in [0.1, 0.15) is 0 Å². The molecule has 0 spiro atoms. The van der Waals surface area contributed by atoms with Gasteiger partial charge in [-0.3, -0.25) is 4.99 Å². The van der Waals surface area contributed by atoms with E-state index in [0.29, 0.717) is 6.79 Å². The first-order chi connectivity index (χ1) is 12.7. The highest BCUT2D eigenvalue weighted by Gasteiger charge is 2.44. The second-order valence-corrected chi connectivity index (χ2v) is 7.05. The number of halogens is 1. The molecule has 0 radical (unpaired) electrons. The number of nitrogens with one attached hydrogen (secondary N) is 2. The van der Waals surface area contributed by atoms with Gasteiger partial charge < -0.3 is 20.1 Å². The first-order valence-corrected chi connectivity index (χ1v) is 9.12. The topological polar surface area (TPSA) is 54.9 Å². The SMILES string of the molecule is CN=C(NCC1(c2ccc3c(c2)OCO3)CC1)NC(C)c1ccccc1.I. The number of hydrogen-bond acceptors (Lipinski definition) is 3. The average Bonchev–Trinajstić information content (AvgIpc) is 3.33. The molecule has 2 aliphatic rings. The lowest BCUT2D eigenvalue weighted by Gasteiger charge is -2.22. The van der Waals surface area contributed by atoms with E-state index in [1.165, 1.54) is 24.0 Å². The molecule has 1 aliphatic carbocycles. The van der Waals surface area contributed by atoms with E-state index < -0.39 is 0 Å². The summed E-state index contributed by atoms with van der Waals surface area (Å²) in [5.74, 6) is 2.52. The van der Waals surface area contributed by atoms with Gasteiger partial charge in [-0.1, -0.05) is 36.4 Å². The molecule has 0 amide bonds. The molecule has 1 unspecified atom stereocenters. The third-order valence-electron chi connectivity index (χ3n) is 5.31. The molecule has 0 saturated heterocycles. The van der Waals surface area contributed by atoms with E-state index in [9.17, 15) is 0 Å². The Morgan fingerprint density at radius 2 is 1.85 bits per heavy atom. The molecule has 5 nitrogen and oxygen atoms in total. The van der Waals surface area contributed by atoms with E-state index in [4.69, 9.17) is 9.47 Å². The molecule has 1 atom stereocenters. The van der Waals surface area contributed by atoms with Gasteiger partial charge in [-0.15, -0.1) is 24.0 Å². The van der Waals surface area contributed by atoms with Gasteiger partial charge >= 0.3 is 0 Å². The Morgan fingerprint density at radius 1 is 1.11 bits per heavy atom. The molecular weight excluding hydrogens is 453 g/mol. The molecule has 1 fully saturated rings. The predicted octanol–water partition coefficient (Wildman–Crippen LogP) is 3.99. The summed E-state index contributed by atoms with van der Waals surface area (Å²) in [6, 6.07) is 16.9. The Morgan fingerprint density at radius 3 is 2.56 bits per heavy atom. The Labute approximate surface area is 177 Å². The van der Waals surface area contributed by atoms with Crippen molar-refractivity contribution in [2.75, 3.05) is 20.4 Å².